The lowest BCUT2D eigenvalue weighted by Crippen LogP contribution is -1.99. The molecule has 1 aromatic carbocycles. The number of hydrogen-bond donors (Lipinski definition) is 2. The molecule has 6 nitrogen and oxygen atoms in total. The molecule has 0 bridgehead atoms. The topological polar surface area (TPSA) is 79.4 Å². The highest BCUT2D eigenvalue weighted by Gasteiger charge is 2.11. The second kappa shape index (κ2) is 5.90. The first-order chi connectivity index (χ1) is 11.7. The number of benzene rings is 1. The van der Waals surface area contributed by atoms with E-state index in [2.05, 4.69) is 30.5 Å². The molecule has 0 atom stereocenters. The Morgan fingerprint density at radius 3 is 2.62 bits per heavy atom. The smallest absolute Gasteiger partial charge is 0.162 e. The summed E-state index contributed by atoms with van der Waals surface area (Å²) in [5, 5.41) is 11.8. The Morgan fingerprint density at radius 2 is 1.88 bits per heavy atom. The molecule has 0 radical (unpaired) electrons. The highest BCUT2D eigenvalue weighted by molar-refractivity contribution is 6.31. The zero-order chi connectivity index (χ0) is 16.5. The van der Waals surface area contributed by atoms with E-state index in [0.717, 1.165) is 28.0 Å². The summed E-state index contributed by atoms with van der Waals surface area (Å²) in [5.41, 5.74) is 2.55. The van der Waals surface area contributed by atoms with Crippen LogP contribution in [0.3, 0.4) is 0 Å². The predicted molar refractivity (Wildman–Crippen MR) is 94.4 cm³/mol. The minimum Gasteiger partial charge on any atom is -0.325 e. The van der Waals surface area contributed by atoms with E-state index >= 15 is 0 Å². The van der Waals surface area contributed by atoms with Gasteiger partial charge in [-0.3, -0.25) is 10.1 Å². The molecule has 0 aliphatic rings. The number of fused-ring (bicyclic) bond motifs is 1. The SMILES string of the molecule is Cc1cc(Nc2nc(-c3ccncc3)nc3cc(Cl)ccc23)[nH]n1. The summed E-state index contributed by atoms with van der Waals surface area (Å²) in [4.78, 5) is 13.3. The Labute approximate surface area is 143 Å². The summed E-state index contributed by atoms with van der Waals surface area (Å²) in [7, 11) is 0. The summed E-state index contributed by atoms with van der Waals surface area (Å²) in [5.74, 6) is 2.06. The number of pyridine rings is 1. The van der Waals surface area contributed by atoms with Crippen LogP contribution in [0.15, 0.2) is 48.8 Å². The van der Waals surface area contributed by atoms with Crippen molar-refractivity contribution < 1.29 is 0 Å². The molecule has 4 rings (SSSR count). The number of nitrogens with zero attached hydrogens (tertiary/aromatic N) is 4. The van der Waals surface area contributed by atoms with Gasteiger partial charge in [0.2, 0.25) is 0 Å². The molecule has 24 heavy (non-hydrogen) atoms. The fourth-order valence-corrected chi connectivity index (χ4v) is 2.61. The van der Waals surface area contributed by atoms with Crippen LogP contribution in [-0.4, -0.2) is 25.1 Å². The first kappa shape index (κ1) is 14.6. The average Bonchev–Trinajstić information content (AvgIpc) is 3.00. The lowest BCUT2D eigenvalue weighted by Gasteiger charge is -2.10. The molecule has 118 valence electrons. The first-order valence-electron chi connectivity index (χ1n) is 7.36. The van der Waals surface area contributed by atoms with Crippen LogP contribution in [0.5, 0.6) is 0 Å². The number of nitrogens with one attached hydrogen (secondary N) is 2. The Balaban J connectivity index is 1.89. The summed E-state index contributed by atoms with van der Waals surface area (Å²) in [6, 6.07) is 11.2. The van der Waals surface area contributed by atoms with Crippen molar-refractivity contribution in [3.8, 4) is 11.4 Å². The quantitative estimate of drug-likeness (QED) is 0.588. The largest absolute Gasteiger partial charge is 0.325 e. The Morgan fingerprint density at radius 1 is 1.04 bits per heavy atom. The number of rotatable bonds is 3. The Bertz CT molecular complexity index is 1010. The van der Waals surface area contributed by atoms with Crippen molar-refractivity contribution in [3.05, 3.63) is 59.5 Å². The van der Waals surface area contributed by atoms with Gasteiger partial charge in [-0.15, -0.1) is 0 Å². The van der Waals surface area contributed by atoms with Crippen LogP contribution in [0.1, 0.15) is 5.69 Å². The summed E-state index contributed by atoms with van der Waals surface area (Å²) in [6.07, 6.45) is 3.43. The second-order valence-electron chi connectivity index (χ2n) is 5.34. The van der Waals surface area contributed by atoms with Gasteiger partial charge in [0.1, 0.15) is 11.6 Å². The lowest BCUT2D eigenvalue weighted by molar-refractivity contribution is 1.05. The van der Waals surface area contributed by atoms with Crippen LogP contribution >= 0.6 is 11.6 Å². The molecule has 7 heteroatoms. The van der Waals surface area contributed by atoms with E-state index in [9.17, 15) is 0 Å². The highest BCUT2D eigenvalue weighted by atomic mass is 35.5. The second-order valence-corrected chi connectivity index (χ2v) is 5.78. The summed E-state index contributed by atoms with van der Waals surface area (Å²) >= 11 is 6.13. The summed E-state index contributed by atoms with van der Waals surface area (Å²) in [6.45, 7) is 1.92. The standard InChI is InChI=1S/C17H13ClN6/c1-10-8-15(24-23-10)21-17-13-3-2-12(18)9-14(13)20-16(22-17)11-4-6-19-7-5-11/h2-9H,1H3,(H2,20,21,22,23,24). The molecular weight excluding hydrogens is 324 g/mol. The van der Waals surface area contributed by atoms with Crippen LogP contribution < -0.4 is 5.32 Å². The molecular formula is C17H13ClN6. The number of aryl methyl sites for hydroxylation is 1. The molecule has 3 aromatic heterocycles. The number of aromatic amines is 1. The number of anilines is 2. The molecule has 4 aromatic rings. The molecule has 0 aliphatic carbocycles. The normalized spacial score (nSPS) is 10.9. The van der Waals surface area contributed by atoms with Gasteiger partial charge in [-0.05, 0) is 37.3 Å². The van der Waals surface area contributed by atoms with Crippen LogP contribution in [0.4, 0.5) is 11.6 Å². The van der Waals surface area contributed by atoms with Crippen molar-refractivity contribution in [1.29, 1.82) is 0 Å². The molecule has 2 N–H and O–H groups in total. The molecule has 0 unspecified atom stereocenters. The van der Waals surface area contributed by atoms with Crippen molar-refractivity contribution in [1.82, 2.24) is 25.1 Å². The van der Waals surface area contributed by atoms with Crippen molar-refractivity contribution >= 4 is 34.1 Å². The maximum atomic E-state index is 6.13. The van der Waals surface area contributed by atoms with E-state index in [1.165, 1.54) is 0 Å². The Hall–Kier alpha value is -2.99. The van der Waals surface area contributed by atoms with Crippen LogP contribution in [0, 0.1) is 6.92 Å². The van der Waals surface area contributed by atoms with E-state index in [4.69, 9.17) is 11.6 Å². The van der Waals surface area contributed by atoms with E-state index < -0.39 is 0 Å². The van der Waals surface area contributed by atoms with E-state index in [0.29, 0.717) is 16.7 Å². The highest BCUT2D eigenvalue weighted by Crippen LogP contribution is 2.28. The third-order valence-electron chi connectivity index (χ3n) is 3.56. The van der Waals surface area contributed by atoms with Gasteiger partial charge in [-0.1, -0.05) is 11.6 Å². The van der Waals surface area contributed by atoms with Gasteiger partial charge in [-0.25, -0.2) is 9.97 Å². The van der Waals surface area contributed by atoms with Gasteiger partial charge < -0.3 is 5.32 Å². The minimum atomic E-state index is 0.603. The molecule has 0 aliphatic heterocycles. The summed E-state index contributed by atoms with van der Waals surface area (Å²) < 4.78 is 0. The van der Waals surface area contributed by atoms with Crippen LogP contribution in [-0.2, 0) is 0 Å². The van der Waals surface area contributed by atoms with Crippen LogP contribution in [0.25, 0.3) is 22.3 Å². The first-order valence-corrected chi connectivity index (χ1v) is 7.73. The maximum Gasteiger partial charge on any atom is 0.162 e. The van der Waals surface area contributed by atoms with Gasteiger partial charge in [-0.2, -0.15) is 5.10 Å². The maximum absolute atomic E-state index is 6.13. The van der Waals surface area contributed by atoms with Crippen LogP contribution in [0.2, 0.25) is 5.02 Å². The monoisotopic (exact) mass is 336 g/mol. The van der Waals surface area contributed by atoms with Gasteiger partial charge in [0, 0.05) is 34.4 Å². The predicted octanol–water partition coefficient (Wildman–Crippen LogP) is 4.12. The Kier molecular flexibility index (Phi) is 3.59. The van der Waals surface area contributed by atoms with Gasteiger partial charge >= 0.3 is 0 Å². The zero-order valence-electron chi connectivity index (χ0n) is 12.8. The van der Waals surface area contributed by atoms with Crippen molar-refractivity contribution in [2.24, 2.45) is 0 Å². The molecule has 0 saturated heterocycles. The minimum absolute atomic E-state index is 0.603. The molecule has 0 saturated carbocycles. The average molecular weight is 337 g/mol. The van der Waals surface area contributed by atoms with Gasteiger partial charge in [0.05, 0.1) is 11.2 Å². The van der Waals surface area contributed by atoms with E-state index in [-0.39, 0.29) is 0 Å². The molecule has 0 amide bonds. The van der Waals surface area contributed by atoms with Crippen molar-refractivity contribution in [2.45, 2.75) is 6.92 Å². The lowest BCUT2D eigenvalue weighted by atomic mass is 10.2. The third-order valence-corrected chi connectivity index (χ3v) is 3.79. The number of hydrogen-bond acceptors (Lipinski definition) is 5. The zero-order valence-corrected chi connectivity index (χ0v) is 13.5. The molecule has 0 spiro atoms. The fourth-order valence-electron chi connectivity index (χ4n) is 2.44. The molecule has 0 fully saturated rings. The molecule has 3 heterocycles. The van der Waals surface area contributed by atoms with E-state index in [1.54, 1.807) is 12.4 Å². The number of aromatic nitrogens is 5. The van der Waals surface area contributed by atoms with Crippen molar-refractivity contribution in [3.63, 3.8) is 0 Å². The number of H-pyrrole nitrogens is 1. The van der Waals surface area contributed by atoms with Gasteiger partial charge in [0.15, 0.2) is 5.82 Å². The third kappa shape index (κ3) is 2.79. The van der Waals surface area contributed by atoms with E-state index in [1.807, 2.05) is 43.3 Å². The fraction of sp³-hybridized carbons (Fsp3) is 0.0588. The number of halogens is 1. The van der Waals surface area contributed by atoms with Gasteiger partial charge in [0.25, 0.3) is 0 Å². The van der Waals surface area contributed by atoms with Crippen molar-refractivity contribution in [2.75, 3.05) is 5.32 Å².